The summed E-state index contributed by atoms with van der Waals surface area (Å²) >= 11 is 5.44. The first-order valence-corrected chi connectivity index (χ1v) is 7.57. The van der Waals surface area contributed by atoms with Crippen LogP contribution in [0, 0.1) is 16.6 Å². The molecular weight excluding hydrogens is 272 g/mol. The van der Waals surface area contributed by atoms with Crippen molar-refractivity contribution in [2.45, 2.75) is 39.2 Å². The third kappa shape index (κ3) is 2.44. The lowest BCUT2D eigenvalue weighted by molar-refractivity contribution is 0.258. The number of H-pyrrole nitrogens is 1. The second kappa shape index (κ2) is 5.52. The predicted octanol–water partition coefficient (Wildman–Crippen LogP) is 3.32. The van der Waals surface area contributed by atoms with Crippen LogP contribution in [0.3, 0.4) is 0 Å². The summed E-state index contributed by atoms with van der Waals surface area (Å²) in [5.74, 6) is 2.06. The molecule has 1 fully saturated rings. The zero-order chi connectivity index (χ0) is 14.1. The first kappa shape index (κ1) is 13.5. The van der Waals surface area contributed by atoms with Crippen molar-refractivity contribution < 1.29 is 4.74 Å². The van der Waals surface area contributed by atoms with Crippen LogP contribution in [0.4, 0.5) is 0 Å². The second-order valence-corrected chi connectivity index (χ2v) is 6.15. The average Bonchev–Trinajstić information content (AvgIpc) is 2.75. The molecule has 2 unspecified atom stereocenters. The van der Waals surface area contributed by atoms with Crippen LogP contribution in [0.15, 0.2) is 6.33 Å². The van der Waals surface area contributed by atoms with Crippen molar-refractivity contribution in [3.63, 3.8) is 0 Å². The van der Waals surface area contributed by atoms with Gasteiger partial charge >= 0.3 is 0 Å². The molecule has 2 aromatic heterocycles. The fourth-order valence-electron chi connectivity index (χ4n) is 3.25. The van der Waals surface area contributed by atoms with Gasteiger partial charge in [-0.2, -0.15) is 4.98 Å². The Morgan fingerprint density at radius 3 is 3.05 bits per heavy atom. The lowest BCUT2D eigenvalue weighted by Gasteiger charge is -2.26. The fourth-order valence-corrected chi connectivity index (χ4v) is 3.52. The molecule has 0 saturated heterocycles. The average molecular weight is 292 g/mol. The SMILES string of the molecule is COc1ncnc2c1[nH]c(=S)n2CC1CCCC(C)C1. The number of aromatic amines is 1. The van der Waals surface area contributed by atoms with Gasteiger partial charge in [-0.1, -0.05) is 19.8 Å². The highest BCUT2D eigenvalue weighted by molar-refractivity contribution is 7.71. The number of nitrogens with zero attached hydrogens (tertiary/aromatic N) is 3. The lowest BCUT2D eigenvalue weighted by atomic mass is 9.82. The highest BCUT2D eigenvalue weighted by Gasteiger charge is 2.21. The number of methoxy groups -OCH3 is 1. The maximum Gasteiger partial charge on any atom is 0.242 e. The summed E-state index contributed by atoms with van der Waals surface area (Å²) in [5, 5.41) is 0. The van der Waals surface area contributed by atoms with E-state index in [9.17, 15) is 0 Å². The Kier molecular flexibility index (Phi) is 3.74. The van der Waals surface area contributed by atoms with Crippen LogP contribution >= 0.6 is 12.2 Å². The Morgan fingerprint density at radius 2 is 2.30 bits per heavy atom. The molecule has 1 saturated carbocycles. The number of rotatable bonds is 3. The van der Waals surface area contributed by atoms with E-state index in [1.807, 2.05) is 0 Å². The van der Waals surface area contributed by atoms with Gasteiger partial charge < -0.3 is 14.3 Å². The third-order valence-electron chi connectivity index (χ3n) is 4.20. The summed E-state index contributed by atoms with van der Waals surface area (Å²) in [4.78, 5) is 11.7. The molecule has 0 spiro atoms. The molecule has 2 aromatic rings. The molecule has 0 amide bonds. The van der Waals surface area contributed by atoms with Crippen molar-refractivity contribution in [2.75, 3.05) is 7.11 Å². The van der Waals surface area contributed by atoms with E-state index in [0.717, 1.165) is 23.6 Å². The van der Waals surface area contributed by atoms with E-state index < -0.39 is 0 Å². The van der Waals surface area contributed by atoms with Crippen LogP contribution < -0.4 is 4.74 Å². The highest BCUT2D eigenvalue weighted by atomic mass is 32.1. The molecule has 2 atom stereocenters. The van der Waals surface area contributed by atoms with Gasteiger partial charge in [-0.05, 0) is 36.9 Å². The molecule has 0 aliphatic heterocycles. The molecule has 0 aromatic carbocycles. The number of hydrogen-bond acceptors (Lipinski definition) is 4. The van der Waals surface area contributed by atoms with Gasteiger partial charge in [-0.15, -0.1) is 0 Å². The monoisotopic (exact) mass is 292 g/mol. The summed E-state index contributed by atoms with van der Waals surface area (Å²) in [6.45, 7) is 3.27. The molecule has 1 aliphatic rings. The van der Waals surface area contributed by atoms with Crippen LogP contribution in [0.1, 0.15) is 32.6 Å². The molecule has 5 nitrogen and oxygen atoms in total. The number of aromatic nitrogens is 4. The fraction of sp³-hybridized carbons (Fsp3) is 0.643. The van der Waals surface area contributed by atoms with Crippen molar-refractivity contribution in [3.05, 3.63) is 11.1 Å². The van der Waals surface area contributed by atoms with Crippen LogP contribution in [0.5, 0.6) is 5.88 Å². The smallest absolute Gasteiger partial charge is 0.242 e. The number of hydrogen-bond donors (Lipinski definition) is 1. The van der Waals surface area contributed by atoms with Crippen molar-refractivity contribution in [2.24, 2.45) is 11.8 Å². The Labute approximate surface area is 123 Å². The molecule has 1 aliphatic carbocycles. The van der Waals surface area contributed by atoms with Crippen LogP contribution in [0.25, 0.3) is 11.2 Å². The maximum absolute atomic E-state index is 5.44. The molecule has 108 valence electrons. The number of imidazole rings is 1. The normalized spacial score (nSPS) is 23.1. The zero-order valence-electron chi connectivity index (χ0n) is 11.9. The van der Waals surface area contributed by atoms with Crippen molar-refractivity contribution in [3.8, 4) is 5.88 Å². The standard InChI is InChI=1S/C14H20N4OS/c1-9-4-3-5-10(6-9)7-18-12-11(17-14(18)20)13(19-2)16-8-15-12/h8-10H,3-7H2,1-2H3,(H,17,20). The van der Waals surface area contributed by atoms with E-state index in [2.05, 4.69) is 26.4 Å². The minimum atomic E-state index is 0.553. The highest BCUT2D eigenvalue weighted by Crippen LogP contribution is 2.31. The Bertz CT molecular complexity index is 663. The van der Waals surface area contributed by atoms with Crippen LogP contribution in [-0.4, -0.2) is 26.6 Å². The molecular formula is C14H20N4OS. The first-order valence-electron chi connectivity index (χ1n) is 7.16. The van der Waals surface area contributed by atoms with E-state index in [4.69, 9.17) is 17.0 Å². The number of nitrogens with one attached hydrogen (secondary N) is 1. The maximum atomic E-state index is 5.44. The molecule has 0 radical (unpaired) electrons. The van der Waals surface area contributed by atoms with Gasteiger partial charge in [0.25, 0.3) is 0 Å². The van der Waals surface area contributed by atoms with E-state index in [-0.39, 0.29) is 0 Å². The van der Waals surface area contributed by atoms with Gasteiger partial charge in [0, 0.05) is 6.54 Å². The Balaban J connectivity index is 1.95. The Hall–Kier alpha value is -1.43. The first-order chi connectivity index (χ1) is 9.69. The van der Waals surface area contributed by atoms with Gasteiger partial charge in [0.2, 0.25) is 5.88 Å². The third-order valence-corrected chi connectivity index (χ3v) is 4.53. The molecule has 20 heavy (non-hydrogen) atoms. The second-order valence-electron chi connectivity index (χ2n) is 5.76. The van der Waals surface area contributed by atoms with E-state index >= 15 is 0 Å². The van der Waals surface area contributed by atoms with Gasteiger partial charge in [0.15, 0.2) is 10.4 Å². The minimum absolute atomic E-state index is 0.553. The van der Waals surface area contributed by atoms with Gasteiger partial charge in [-0.3, -0.25) is 0 Å². The van der Waals surface area contributed by atoms with Crippen molar-refractivity contribution >= 4 is 23.4 Å². The van der Waals surface area contributed by atoms with E-state index in [0.29, 0.717) is 16.6 Å². The van der Waals surface area contributed by atoms with E-state index in [1.165, 1.54) is 32.0 Å². The molecule has 0 bridgehead atoms. The van der Waals surface area contributed by atoms with Gasteiger partial charge in [0.05, 0.1) is 7.11 Å². The van der Waals surface area contributed by atoms with Crippen molar-refractivity contribution in [1.29, 1.82) is 0 Å². The minimum Gasteiger partial charge on any atom is -0.479 e. The van der Waals surface area contributed by atoms with Crippen LogP contribution in [-0.2, 0) is 6.54 Å². The number of fused-ring (bicyclic) bond motifs is 1. The molecule has 6 heteroatoms. The molecule has 2 heterocycles. The largest absolute Gasteiger partial charge is 0.479 e. The summed E-state index contributed by atoms with van der Waals surface area (Å²) in [6, 6.07) is 0. The van der Waals surface area contributed by atoms with E-state index in [1.54, 1.807) is 7.11 Å². The van der Waals surface area contributed by atoms with Gasteiger partial charge in [-0.25, -0.2) is 4.98 Å². The Morgan fingerprint density at radius 1 is 1.45 bits per heavy atom. The number of ether oxygens (including phenoxy) is 1. The summed E-state index contributed by atoms with van der Waals surface area (Å²) in [6.07, 6.45) is 6.76. The summed E-state index contributed by atoms with van der Waals surface area (Å²) < 4.78 is 8.06. The van der Waals surface area contributed by atoms with Gasteiger partial charge in [0.1, 0.15) is 11.8 Å². The molecule has 1 N–H and O–H groups in total. The quantitative estimate of drug-likeness (QED) is 0.882. The zero-order valence-corrected chi connectivity index (χ0v) is 12.7. The summed E-state index contributed by atoms with van der Waals surface area (Å²) in [5.41, 5.74) is 1.64. The topological polar surface area (TPSA) is 55.7 Å². The lowest BCUT2D eigenvalue weighted by Crippen LogP contribution is -2.18. The predicted molar refractivity (Wildman–Crippen MR) is 80.4 cm³/mol. The molecule has 3 rings (SSSR count). The van der Waals surface area contributed by atoms with Crippen molar-refractivity contribution in [1.82, 2.24) is 19.5 Å². The van der Waals surface area contributed by atoms with Crippen LogP contribution in [0.2, 0.25) is 0 Å². The summed E-state index contributed by atoms with van der Waals surface area (Å²) in [7, 11) is 1.61.